The molecule has 0 amide bonds. The molecule has 0 heterocycles. The summed E-state index contributed by atoms with van der Waals surface area (Å²) in [5.41, 5.74) is 9.44. The fraction of sp³-hybridized carbons (Fsp3) is 0.308. The van der Waals surface area contributed by atoms with Gasteiger partial charge in [-0.2, -0.15) is 0 Å². The Bertz CT molecular complexity index is 886. The molecule has 2 atom stereocenters. The molecule has 0 radical (unpaired) electrons. The van der Waals surface area contributed by atoms with Crippen LogP contribution in [0.1, 0.15) is 38.5 Å². The highest BCUT2D eigenvalue weighted by atomic mass is 14.4. The predicted octanol–water partition coefficient (Wildman–Crippen LogP) is 6.85. The predicted molar refractivity (Wildman–Crippen MR) is 111 cm³/mol. The lowest BCUT2D eigenvalue weighted by Gasteiger charge is -2.39. The van der Waals surface area contributed by atoms with Crippen LogP contribution in [0.5, 0.6) is 0 Å². The van der Waals surface area contributed by atoms with Gasteiger partial charge in [0.15, 0.2) is 0 Å². The van der Waals surface area contributed by atoms with Gasteiger partial charge < -0.3 is 0 Å². The van der Waals surface area contributed by atoms with Gasteiger partial charge in [0.1, 0.15) is 0 Å². The Morgan fingerprint density at radius 2 is 1.46 bits per heavy atom. The maximum atomic E-state index is 2.51. The van der Waals surface area contributed by atoms with E-state index in [1.807, 2.05) is 0 Å². The molecule has 0 N–H and O–H groups in total. The van der Waals surface area contributed by atoms with Crippen molar-refractivity contribution in [1.82, 2.24) is 0 Å². The molecule has 130 valence electrons. The van der Waals surface area contributed by atoms with Gasteiger partial charge in [-0.15, -0.1) is 0 Å². The Labute approximate surface area is 157 Å². The van der Waals surface area contributed by atoms with E-state index in [1.165, 1.54) is 49.7 Å². The van der Waals surface area contributed by atoms with E-state index in [0.29, 0.717) is 11.8 Å². The van der Waals surface area contributed by atoms with Crippen LogP contribution in [0.4, 0.5) is 0 Å². The summed E-state index contributed by atoms with van der Waals surface area (Å²) in [5.74, 6) is 1.06. The van der Waals surface area contributed by atoms with Crippen molar-refractivity contribution in [1.29, 1.82) is 0 Å². The molecule has 2 unspecified atom stereocenters. The molecule has 0 aromatic carbocycles. The van der Waals surface area contributed by atoms with Crippen molar-refractivity contribution in [3.05, 3.63) is 106 Å². The van der Waals surface area contributed by atoms with E-state index < -0.39 is 0 Å². The van der Waals surface area contributed by atoms with Crippen LogP contribution in [-0.2, 0) is 0 Å². The lowest BCUT2D eigenvalue weighted by atomic mass is 9.65. The third-order valence-electron chi connectivity index (χ3n) is 6.33. The van der Waals surface area contributed by atoms with Crippen LogP contribution in [0.25, 0.3) is 0 Å². The van der Waals surface area contributed by atoms with Crippen LogP contribution in [-0.4, -0.2) is 0 Å². The van der Waals surface area contributed by atoms with Crippen LogP contribution < -0.4 is 0 Å². The molecule has 0 nitrogen and oxygen atoms in total. The van der Waals surface area contributed by atoms with Crippen LogP contribution >= 0.6 is 0 Å². The van der Waals surface area contributed by atoms with Gasteiger partial charge in [-0.1, -0.05) is 72.9 Å². The van der Waals surface area contributed by atoms with Crippen LogP contribution in [0.2, 0.25) is 0 Å². The Morgan fingerprint density at radius 3 is 2.31 bits per heavy atom. The lowest BCUT2D eigenvalue weighted by Crippen LogP contribution is -2.26. The maximum absolute atomic E-state index is 2.51. The molecule has 0 bridgehead atoms. The average molecular weight is 338 g/mol. The Hall–Kier alpha value is -2.34. The summed E-state index contributed by atoms with van der Waals surface area (Å²) in [6.45, 7) is 0. The second-order valence-electron chi connectivity index (χ2n) is 7.89. The zero-order chi connectivity index (χ0) is 17.3. The molecule has 0 aliphatic heterocycles. The highest BCUT2D eigenvalue weighted by Crippen LogP contribution is 2.49. The van der Waals surface area contributed by atoms with Crippen molar-refractivity contribution in [2.24, 2.45) is 11.8 Å². The second kappa shape index (κ2) is 6.76. The van der Waals surface area contributed by atoms with Crippen molar-refractivity contribution in [2.75, 3.05) is 0 Å². The Morgan fingerprint density at radius 1 is 0.692 bits per heavy atom. The molecule has 0 aromatic heterocycles. The number of allylic oxidation sites excluding steroid dienone is 18. The Kier molecular flexibility index (Phi) is 4.13. The van der Waals surface area contributed by atoms with Crippen molar-refractivity contribution in [3.8, 4) is 0 Å². The first-order valence-corrected chi connectivity index (χ1v) is 10.1. The topological polar surface area (TPSA) is 0 Å². The molecular formula is C26H26. The van der Waals surface area contributed by atoms with E-state index in [-0.39, 0.29) is 0 Å². The van der Waals surface area contributed by atoms with E-state index in [4.69, 9.17) is 0 Å². The van der Waals surface area contributed by atoms with Gasteiger partial charge in [-0.25, -0.2) is 0 Å². The average Bonchev–Trinajstić information content (AvgIpc) is 2.73. The molecular weight excluding hydrogens is 312 g/mol. The van der Waals surface area contributed by atoms with E-state index in [1.54, 1.807) is 22.3 Å². The van der Waals surface area contributed by atoms with Crippen molar-refractivity contribution in [2.45, 2.75) is 38.5 Å². The zero-order valence-electron chi connectivity index (χ0n) is 15.3. The maximum Gasteiger partial charge on any atom is 0.0128 e. The molecule has 0 spiro atoms. The summed E-state index contributed by atoms with van der Waals surface area (Å²) < 4.78 is 0. The number of hydrogen-bond donors (Lipinski definition) is 0. The molecule has 5 aliphatic carbocycles. The fourth-order valence-electron chi connectivity index (χ4n) is 5.02. The Balaban J connectivity index is 1.52. The van der Waals surface area contributed by atoms with Gasteiger partial charge in [0.2, 0.25) is 0 Å². The molecule has 0 saturated carbocycles. The van der Waals surface area contributed by atoms with Crippen molar-refractivity contribution < 1.29 is 0 Å². The van der Waals surface area contributed by atoms with E-state index in [9.17, 15) is 0 Å². The van der Waals surface area contributed by atoms with Gasteiger partial charge in [-0.3, -0.25) is 0 Å². The molecule has 5 rings (SSSR count). The number of rotatable bonds is 2. The molecule has 0 saturated heterocycles. The molecule has 0 heteroatoms. The zero-order valence-corrected chi connectivity index (χ0v) is 15.3. The SMILES string of the molecule is C1=CCCC(C=CC2=CC3=C(CC2)C2=C(C=CCC2)C2C=CC=CC32)=C1. The minimum Gasteiger partial charge on any atom is -0.0842 e. The summed E-state index contributed by atoms with van der Waals surface area (Å²) in [6, 6.07) is 0. The van der Waals surface area contributed by atoms with E-state index in [2.05, 4.69) is 72.9 Å². The minimum absolute atomic E-state index is 0.525. The van der Waals surface area contributed by atoms with Gasteiger partial charge in [-0.05, 0) is 72.0 Å². The minimum atomic E-state index is 0.525. The molecule has 0 aromatic rings. The van der Waals surface area contributed by atoms with E-state index >= 15 is 0 Å². The highest BCUT2D eigenvalue weighted by molar-refractivity contribution is 5.59. The summed E-state index contributed by atoms with van der Waals surface area (Å²) in [6.07, 6.45) is 35.2. The second-order valence-corrected chi connectivity index (χ2v) is 7.89. The monoisotopic (exact) mass is 338 g/mol. The first-order valence-electron chi connectivity index (χ1n) is 10.1. The fourth-order valence-corrected chi connectivity index (χ4v) is 5.02. The first kappa shape index (κ1) is 15.9. The summed E-state index contributed by atoms with van der Waals surface area (Å²) >= 11 is 0. The lowest BCUT2D eigenvalue weighted by molar-refractivity contribution is 0.578. The number of hydrogen-bond acceptors (Lipinski definition) is 0. The third-order valence-corrected chi connectivity index (χ3v) is 6.33. The normalized spacial score (nSPS) is 29.5. The molecule has 0 fully saturated rings. The highest BCUT2D eigenvalue weighted by Gasteiger charge is 2.35. The van der Waals surface area contributed by atoms with Crippen molar-refractivity contribution in [3.63, 3.8) is 0 Å². The van der Waals surface area contributed by atoms with Gasteiger partial charge in [0, 0.05) is 11.8 Å². The van der Waals surface area contributed by atoms with Gasteiger partial charge >= 0.3 is 0 Å². The third kappa shape index (κ3) is 2.78. The molecule has 26 heavy (non-hydrogen) atoms. The summed E-state index contributed by atoms with van der Waals surface area (Å²) in [4.78, 5) is 0. The number of fused-ring (bicyclic) bond motifs is 4. The van der Waals surface area contributed by atoms with Crippen LogP contribution in [0.3, 0.4) is 0 Å². The smallest absolute Gasteiger partial charge is 0.0128 e. The first-order chi connectivity index (χ1) is 12.9. The standard InChI is InChI=1S/C26H26/c1-2-8-19(9-3-1)14-15-20-16-17-25-23-12-5-4-10-21(23)22-11-6-7-13-24(22)26(25)18-20/h1-2,4,6-8,10-11,13-15,18,22,24H,3,5,9,12,16-17H2. The largest absolute Gasteiger partial charge is 0.0842 e. The summed E-state index contributed by atoms with van der Waals surface area (Å²) in [5, 5.41) is 0. The van der Waals surface area contributed by atoms with Crippen LogP contribution in [0.15, 0.2) is 106 Å². The van der Waals surface area contributed by atoms with Gasteiger partial charge in [0.25, 0.3) is 0 Å². The molecule has 5 aliphatic rings. The summed E-state index contributed by atoms with van der Waals surface area (Å²) in [7, 11) is 0. The van der Waals surface area contributed by atoms with Gasteiger partial charge in [0.05, 0.1) is 0 Å². The van der Waals surface area contributed by atoms with Crippen LogP contribution in [0, 0.1) is 11.8 Å². The quantitative estimate of drug-likeness (QED) is 0.516. The van der Waals surface area contributed by atoms with Crippen molar-refractivity contribution >= 4 is 0 Å². The van der Waals surface area contributed by atoms with E-state index in [0.717, 1.165) is 0 Å².